The summed E-state index contributed by atoms with van der Waals surface area (Å²) in [4.78, 5) is 20.1. The Morgan fingerprint density at radius 3 is 2.82 bits per heavy atom. The van der Waals surface area contributed by atoms with Crippen LogP contribution in [0.5, 0.6) is 11.5 Å². The van der Waals surface area contributed by atoms with Crippen LogP contribution in [0.25, 0.3) is 10.9 Å². The van der Waals surface area contributed by atoms with Crippen LogP contribution in [0.15, 0.2) is 53.2 Å². The van der Waals surface area contributed by atoms with Gasteiger partial charge in [0.15, 0.2) is 17.3 Å². The van der Waals surface area contributed by atoms with Crippen molar-refractivity contribution in [2.45, 2.75) is 32.6 Å². The normalized spacial score (nSPS) is 12.0. The molecule has 0 aliphatic carbocycles. The van der Waals surface area contributed by atoms with E-state index in [0.29, 0.717) is 42.8 Å². The van der Waals surface area contributed by atoms with E-state index >= 15 is 0 Å². The van der Waals surface area contributed by atoms with Crippen molar-refractivity contribution >= 4 is 16.8 Å². The number of nitrogens with one attached hydrogen (secondary N) is 2. The third kappa shape index (κ3) is 5.16. The van der Waals surface area contributed by atoms with Crippen LogP contribution in [0.4, 0.5) is 0 Å². The van der Waals surface area contributed by atoms with E-state index in [1.54, 1.807) is 14.0 Å². The van der Waals surface area contributed by atoms with Gasteiger partial charge < -0.3 is 24.3 Å². The van der Waals surface area contributed by atoms with E-state index in [-0.39, 0.29) is 18.2 Å². The zero-order chi connectivity index (χ0) is 23.2. The summed E-state index contributed by atoms with van der Waals surface area (Å²) in [7, 11) is 1.63. The number of methoxy groups -OCH3 is 1. The van der Waals surface area contributed by atoms with Crippen molar-refractivity contribution in [3.8, 4) is 11.5 Å². The Labute approximate surface area is 192 Å². The second-order valence-corrected chi connectivity index (χ2v) is 7.72. The molecule has 33 heavy (non-hydrogen) atoms. The summed E-state index contributed by atoms with van der Waals surface area (Å²) in [6.07, 6.45) is 2.68. The van der Waals surface area contributed by atoms with Gasteiger partial charge in [0.2, 0.25) is 11.8 Å². The highest BCUT2D eigenvalue weighted by Crippen LogP contribution is 2.35. The second-order valence-electron chi connectivity index (χ2n) is 7.72. The zero-order valence-electron chi connectivity index (χ0n) is 19.1. The zero-order valence-corrected chi connectivity index (χ0v) is 19.1. The lowest BCUT2D eigenvalue weighted by atomic mass is 9.90. The SMILES string of the molecule is CCOc1ccc(C(CNC(=O)CCc2nc(C)no2)c2c[nH]c3ccccc23)cc1OC. The second kappa shape index (κ2) is 10.2. The predicted molar refractivity (Wildman–Crippen MR) is 125 cm³/mol. The Morgan fingerprint density at radius 2 is 2.06 bits per heavy atom. The smallest absolute Gasteiger partial charge is 0.227 e. The van der Waals surface area contributed by atoms with Gasteiger partial charge in [0.25, 0.3) is 0 Å². The number of nitrogens with zero attached hydrogens (tertiary/aromatic N) is 2. The number of fused-ring (bicyclic) bond motifs is 1. The quantitative estimate of drug-likeness (QED) is 0.378. The Kier molecular flexibility index (Phi) is 6.92. The van der Waals surface area contributed by atoms with Crippen molar-refractivity contribution in [3.05, 3.63) is 71.5 Å². The molecule has 2 aromatic heterocycles. The molecule has 1 atom stereocenters. The van der Waals surface area contributed by atoms with Crippen LogP contribution in [-0.4, -0.2) is 41.3 Å². The molecule has 8 nitrogen and oxygen atoms in total. The highest BCUT2D eigenvalue weighted by atomic mass is 16.5. The van der Waals surface area contributed by atoms with E-state index in [4.69, 9.17) is 14.0 Å². The molecule has 2 heterocycles. The number of H-pyrrole nitrogens is 1. The minimum atomic E-state index is -0.0830. The first-order chi connectivity index (χ1) is 16.1. The van der Waals surface area contributed by atoms with Gasteiger partial charge in [-0.1, -0.05) is 29.4 Å². The van der Waals surface area contributed by atoms with Crippen molar-refractivity contribution < 1.29 is 18.8 Å². The monoisotopic (exact) mass is 448 g/mol. The molecule has 0 saturated heterocycles. The van der Waals surface area contributed by atoms with Gasteiger partial charge in [-0.3, -0.25) is 4.79 Å². The fourth-order valence-electron chi connectivity index (χ4n) is 3.93. The first-order valence-electron chi connectivity index (χ1n) is 11.0. The minimum Gasteiger partial charge on any atom is -0.493 e. The number of aromatic nitrogens is 3. The van der Waals surface area contributed by atoms with Gasteiger partial charge in [-0.05, 0) is 43.2 Å². The van der Waals surface area contributed by atoms with Crippen molar-refractivity contribution in [1.29, 1.82) is 0 Å². The molecule has 2 aromatic carbocycles. The van der Waals surface area contributed by atoms with Gasteiger partial charge in [-0.15, -0.1) is 0 Å². The summed E-state index contributed by atoms with van der Waals surface area (Å²) < 4.78 is 16.3. The van der Waals surface area contributed by atoms with E-state index in [1.165, 1.54) is 0 Å². The molecule has 1 amide bonds. The van der Waals surface area contributed by atoms with Crippen LogP contribution in [0.1, 0.15) is 42.1 Å². The van der Waals surface area contributed by atoms with Crippen LogP contribution in [-0.2, 0) is 11.2 Å². The van der Waals surface area contributed by atoms with Crippen LogP contribution in [0.3, 0.4) is 0 Å². The largest absolute Gasteiger partial charge is 0.493 e. The molecule has 2 N–H and O–H groups in total. The summed E-state index contributed by atoms with van der Waals surface area (Å²) in [5.74, 6) is 2.23. The van der Waals surface area contributed by atoms with Crippen LogP contribution >= 0.6 is 0 Å². The molecule has 0 fully saturated rings. The molecule has 0 aliphatic heterocycles. The minimum absolute atomic E-state index is 0.0754. The molecule has 4 aromatic rings. The Balaban J connectivity index is 1.57. The van der Waals surface area contributed by atoms with E-state index in [2.05, 4.69) is 26.5 Å². The van der Waals surface area contributed by atoms with Crippen molar-refractivity contribution in [2.75, 3.05) is 20.3 Å². The molecule has 172 valence electrons. The highest BCUT2D eigenvalue weighted by molar-refractivity contribution is 5.84. The number of hydrogen-bond acceptors (Lipinski definition) is 6. The van der Waals surface area contributed by atoms with Crippen LogP contribution < -0.4 is 14.8 Å². The average molecular weight is 449 g/mol. The van der Waals surface area contributed by atoms with Gasteiger partial charge >= 0.3 is 0 Å². The molecular weight excluding hydrogens is 420 g/mol. The molecule has 4 rings (SSSR count). The molecule has 0 spiro atoms. The molecular formula is C25H28N4O4. The number of para-hydroxylation sites is 1. The average Bonchev–Trinajstić information content (AvgIpc) is 3.45. The first kappa shape index (κ1) is 22.4. The summed E-state index contributed by atoms with van der Waals surface area (Å²) >= 11 is 0. The maximum Gasteiger partial charge on any atom is 0.227 e. The lowest BCUT2D eigenvalue weighted by molar-refractivity contribution is -0.121. The van der Waals surface area contributed by atoms with Gasteiger partial charge in [-0.2, -0.15) is 4.98 Å². The fourth-order valence-corrected chi connectivity index (χ4v) is 3.93. The molecule has 1 unspecified atom stereocenters. The standard InChI is InChI=1S/C25H28N4O4/c1-4-32-22-10-9-17(13-23(22)31-3)19(20-15-26-21-8-6-5-7-18(20)21)14-27-24(30)11-12-25-28-16(2)29-33-25/h5-10,13,15,19,26H,4,11-12,14H2,1-3H3,(H,27,30). The molecule has 0 aliphatic rings. The third-order valence-corrected chi connectivity index (χ3v) is 5.53. The fraction of sp³-hybridized carbons (Fsp3) is 0.320. The van der Waals surface area contributed by atoms with Gasteiger partial charge in [0.05, 0.1) is 13.7 Å². The lowest BCUT2D eigenvalue weighted by Crippen LogP contribution is -2.29. The van der Waals surface area contributed by atoms with E-state index < -0.39 is 0 Å². The number of aromatic amines is 1. The van der Waals surface area contributed by atoms with E-state index in [9.17, 15) is 4.79 Å². The summed E-state index contributed by atoms with van der Waals surface area (Å²) in [5, 5.41) is 7.95. The van der Waals surface area contributed by atoms with Crippen molar-refractivity contribution in [3.63, 3.8) is 0 Å². The van der Waals surface area contributed by atoms with Gasteiger partial charge in [-0.25, -0.2) is 0 Å². The molecule has 8 heteroatoms. The number of rotatable bonds is 10. The van der Waals surface area contributed by atoms with Crippen molar-refractivity contribution in [1.82, 2.24) is 20.4 Å². The maximum atomic E-state index is 12.6. The first-order valence-corrected chi connectivity index (χ1v) is 11.0. The number of amides is 1. The maximum absolute atomic E-state index is 12.6. The van der Waals surface area contributed by atoms with Crippen molar-refractivity contribution in [2.24, 2.45) is 0 Å². The number of aryl methyl sites for hydroxylation is 2. The summed E-state index contributed by atoms with van der Waals surface area (Å²) in [6.45, 7) is 4.68. The van der Waals surface area contributed by atoms with Crippen LogP contribution in [0, 0.1) is 6.92 Å². The number of carbonyl (C=O) groups is 1. The summed E-state index contributed by atoms with van der Waals surface area (Å²) in [5.41, 5.74) is 3.17. The third-order valence-electron chi connectivity index (χ3n) is 5.53. The number of hydrogen-bond donors (Lipinski definition) is 2. The Bertz CT molecular complexity index is 1230. The highest BCUT2D eigenvalue weighted by Gasteiger charge is 2.21. The van der Waals surface area contributed by atoms with E-state index in [0.717, 1.165) is 22.0 Å². The van der Waals surface area contributed by atoms with E-state index in [1.807, 2.05) is 49.5 Å². The predicted octanol–water partition coefficient (Wildman–Crippen LogP) is 4.15. The number of carbonyl (C=O) groups excluding carboxylic acids is 1. The lowest BCUT2D eigenvalue weighted by Gasteiger charge is -2.20. The van der Waals surface area contributed by atoms with Crippen LogP contribution in [0.2, 0.25) is 0 Å². The molecule has 0 radical (unpaired) electrons. The molecule has 0 saturated carbocycles. The van der Waals surface area contributed by atoms with Gasteiger partial charge in [0.1, 0.15) is 0 Å². The Morgan fingerprint density at radius 1 is 1.21 bits per heavy atom. The summed E-state index contributed by atoms with van der Waals surface area (Å²) in [6, 6.07) is 14.1. The van der Waals surface area contributed by atoms with Gasteiger partial charge in [0, 0.05) is 42.4 Å². The number of benzene rings is 2. The Hall–Kier alpha value is -3.81. The number of ether oxygens (including phenoxy) is 2. The molecule has 0 bridgehead atoms. The topological polar surface area (TPSA) is 102 Å².